The summed E-state index contributed by atoms with van der Waals surface area (Å²) in [5, 5.41) is 9.84. The van der Waals surface area contributed by atoms with Crippen LogP contribution in [0.4, 0.5) is 6.01 Å². The number of aryl methyl sites for hydroxylation is 1. The number of para-hydroxylation sites is 1. The zero-order valence-corrected chi connectivity index (χ0v) is 15.1. The van der Waals surface area contributed by atoms with Gasteiger partial charge in [0.1, 0.15) is 5.75 Å². The second-order valence-electron chi connectivity index (χ2n) is 5.53. The van der Waals surface area contributed by atoms with Gasteiger partial charge in [0.2, 0.25) is 5.89 Å². The summed E-state index contributed by atoms with van der Waals surface area (Å²) in [4.78, 5) is 12.1. The highest BCUT2D eigenvalue weighted by Gasteiger charge is 2.17. The van der Waals surface area contributed by atoms with E-state index in [1.165, 1.54) is 12.1 Å². The van der Waals surface area contributed by atoms with E-state index in [2.05, 4.69) is 15.5 Å². The molecule has 1 heterocycles. The van der Waals surface area contributed by atoms with E-state index >= 15 is 0 Å². The van der Waals surface area contributed by atoms with Gasteiger partial charge in [0.15, 0.2) is 16.4 Å². The number of hydrogen-bond acceptors (Lipinski definition) is 7. The number of sulfone groups is 1. The van der Waals surface area contributed by atoms with Crippen LogP contribution in [0.5, 0.6) is 5.75 Å². The number of anilines is 1. The van der Waals surface area contributed by atoms with Crippen LogP contribution in [0.15, 0.2) is 70.0 Å². The summed E-state index contributed by atoms with van der Waals surface area (Å²) in [7, 11) is -3.45. The summed E-state index contributed by atoms with van der Waals surface area (Å²) in [6.07, 6.45) is 0.0423. The Kier molecular flexibility index (Phi) is 5.82. The smallest absolute Gasteiger partial charge is 0.322 e. The van der Waals surface area contributed by atoms with Gasteiger partial charge < -0.3 is 9.15 Å². The van der Waals surface area contributed by atoms with Crippen LogP contribution in [0.25, 0.3) is 0 Å². The molecule has 0 fully saturated rings. The maximum Gasteiger partial charge on any atom is 0.322 e. The number of hydrogen-bond donors (Lipinski definition) is 1. The van der Waals surface area contributed by atoms with Gasteiger partial charge in [-0.1, -0.05) is 41.5 Å². The molecule has 0 aliphatic rings. The number of ether oxygens (including phenoxy) is 1. The zero-order chi connectivity index (χ0) is 19.1. The molecule has 0 bridgehead atoms. The number of rotatable bonds is 8. The standard InChI is InChI=1S/C18H17N3O5S/c22-16(13-25-14-7-3-1-4-8-14)19-18-21-20-17(26-18)11-12-27(23,24)15-9-5-2-6-10-15/h1-10H,11-13H2,(H,19,21,22). The first kappa shape index (κ1) is 18.6. The number of nitrogens with one attached hydrogen (secondary N) is 1. The monoisotopic (exact) mass is 387 g/mol. The van der Waals surface area contributed by atoms with E-state index in [4.69, 9.17) is 9.15 Å². The van der Waals surface area contributed by atoms with Crippen molar-refractivity contribution in [3.8, 4) is 5.75 Å². The topological polar surface area (TPSA) is 111 Å². The maximum absolute atomic E-state index is 12.2. The summed E-state index contributed by atoms with van der Waals surface area (Å²) >= 11 is 0. The van der Waals surface area contributed by atoms with Crippen LogP contribution in [0, 0.1) is 0 Å². The molecule has 140 valence electrons. The third kappa shape index (κ3) is 5.38. The molecule has 0 unspecified atom stereocenters. The second kappa shape index (κ2) is 8.45. The van der Waals surface area contributed by atoms with Crippen molar-refractivity contribution >= 4 is 21.8 Å². The summed E-state index contributed by atoms with van der Waals surface area (Å²) in [5.41, 5.74) is 0. The summed E-state index contributed by atoms with van der Waals surface area (Å²) in [6, 6.07) is 16.9. The predicted molar refractivity (Wildman–Crippen MR) is 97.1 cm³/mol. The molecule has 27 heavy (non-hydrogen) atoms. The van der Waals surface area contributed by atoms with E-state index < -0.39 is 15.7 Å². The van der Waals surface area contributed by atoms with Gasteiger partial charge in [-0.25, -0.2) is 8.42 Å². The largest absolute Gasteiger partial charge is 0.484 e. The van der Waals surface area contributed by atoms with E-state index in [1.807, 2.05) is 6.07 Å². The summed E-state index contributed by atoms with van der Waals surface area (Å²) in [5.74, 6) is 0.0358. The molecule has 3 rings (SSSR count). The molecule has 0 spiro atoms. The van der Waals surface area contributed by atoms with E-state index in [9.17, 15) is 13.2 Å². The molecule has 3 aromatic rings. The van der Waals surface area contributed by atoms with Gasteiger partial charge in [-0.15, -0.1) is 5.10 Å². The molecule has 0 aliphatic carbocycles. The van der Waals surface area contributed by atoms with E-state index in [0.29, 0.717) is 5.75 Å². The van der Waals surface area contributed by atoms with Crippen LogP contribution in [-0.2, 0) is 21.1 Å². The third-order valence-electron chi connectivity index (χ3n) is 3.51. The maximum atomic E-state index is 12.2. The molecular formula is C18H17N3O5S. The lowest BCUT2D eigenvalue weighted by Crippen LogP contribution is -2.20. The first-order valence-corrected chi connectivity index (χ1v) is 9.76. The number of carbonyl (C=O) groups excluding carboxylic acids is 1. The van der Waals surface area contributed by atoms with Crippen LogP contribution in [0.2, 0.25) is 0 Å². The van der Waals surface area contributed by atoms with E-state index in [-0.39, 0.29) is 35.6 Å². The Balaban J connectivity index is 1.50. The van der Waals surface area contributed by atoms with Crippen molar-refractivity contribution < 1.29 is 22.4 Å². The Morgan fingerprint density at radius 1 is 1.00 bits per heavy atom. The van der Waals surface area contributed by atoms with Crippen molar-refractivity contribution in [1.29, 1.82) is 0 Å². The fraction of sp³-hybridized carbons (Fsp3) is 0.167. The van der Waals surface area contributed by atoms with E-state index in [1.54, 1.807) is 42.5 Å². The number of benzene rings is 2. The summed E-state index contributed by atoms with van der Waals surface area (Å²) in [6.45, 7) is -0.218. The minimum absolute atomic E-state index is 0.0423. The van der Waals surface area contributed by atoms with E-state index in [0.717, 1.165) is 0 Å². The van der Waals surface area contributed by atoms with Crippen molar-refractivity contribution in [1.82, 2.24) is 10.2 Å². The molecule has 2 aromatic carbocycles. The molecule has 0 atom stereocenters. The Bertz CT molecular complexity index is 988. The predicted octanol–water partition coefficient (Wildman–Crippen LogP) is 2.10. The van der Waals surface area contributed by atoms with Gasteiger partial charge in [-0.2, -0.15) is 0 Å². The van der Waals surface area contributed by atoms with Gasteiger partial charge in [0.25, 0.3) is 5.91 Å². The Morgan fingerprint density at radius 2 is 1.67 bits per heavy atom. The number of amides is 1. The highest BCUT2D eigenvalue weighted by atomic mass is 32.2. The average molecular weight is 387 g/mol. The molecule has 0 radical (unpaired) electrons. The molecule has 1 N–H and O–H groups in total. The van der Waals surface area contributed by atoms with Gasteiger partial charge in [0.05, 0.1) is 10.6 Å². The quantitative estimate of drug-likeness (QED) is 0.630. The molecular weight excluding hydrogens is 370 g/mol. The molecule has 1 amide bonds. The van der Waals surface area contributed by atoms with Crippen LogP contribution in [0.1, 0.15) is 5.89 Å². The lowest BCUT2D eigenvalue weighted by atomic mass is 10.3. The van der Waals surface area contributed by atoms with Gasteiger partial charge in [0, 0.05) is 6.42 Å². The van der Waals surface area contributed by atoms with Crippen molar-refractivity contribution in [2.75, 3.05) is 17.7 Å². The van der Waals surface area contributed by atoms with Crippen LogP contribution < -0.4 is 10.1 Å². The van der Waals surface area contributed by atoms with Gasteiger partial charge >= 0.3 is 6.01 Å². The van der Waals surface area contributed by atoms with Crippen LogP contribution >= 0.6 is 0 Å². The highest BCUT2D eigenvalue weighted by molar-refractivity contribution is 7.91. The summed E-state index contributed by atoms with van der Waals surface area (Å²) < 4.78 is 35.0. The fourth-order valence-corrected chi connectivity index (χ4v) is 3.44. The van der Waals surface area contributed by atoms with Crippen molar-refractivity contribution in [3.63, 3.8) is 0 Å². The zero-order valence-electron chi connectivity index (χ0n) is 14.2. The Labute approximate surface area is 156 Å². The third-order valence-corrected chi connectivity index (χ3v) is 5.25. The molecule has 0 saturated carbocycles. The normalized spacial score (nSPS) is 11.1. The van der Waals surface area contributed by atoms with Crippen molar-refractivity contribution in [3.05, 3.63) is 66.6 Å². The molecule has 0 saturated heterocycles. The highest BCUT2D eigenvalue weighted by Crippen LogP contribution is 2.13. The van der Waals surface area contributed by atoms with Crippen molar-refractivity contribution in [2.24, 2.45) is 0 Å². The number of carbonyl (C=O) groups is 1. The minimum Gasteiger partial charge on any atom is -0.484 e. The molecule has 9 heteroatoms. The Hall–Kier alpha value is -3.20. The molecule has 8 nitrogen and oxygen atoms in total. The molecule has 1 aromatic heterocycles. The van der Waals surface area contributed by atoms with Gasteiger partial charge in [-0.3, -0.25) is 10.1 Å². The van der Waals surface area contributed by atoms with Gasteiger partial charge in [-0.05, 0) is 24.3 Å². The first-order valence-electron chi connectivity index (χ1n) is 8.11. The number of nitrogens with zero attached hydrogens (tertiary/aromatic N) is 2. The SMILES string of the molecule is O=C(COc1ccccc1)Nc1nnc(CCS(=O)(=O)c2ccccc2)o1. The second-order valence-corrected chi connectivity index (χ2v) is 7.64. The lowest BCUT2D eigenvalue weighted by Gasteiger charge is -2.04. The lowest BCUT2D eigenvalue weighted by molar-refractivity contribution is -0.118. The molecule has 0 aliphatic heterocycles. The van der Waals surface area contributed by atoms with Crippen molar-refractivity contribution in [2.45, 2.75) is 11.3 Å². The van der Waals surface area contributed by atoms with Crippen LogP contribution in [0.3, 0.4) is 0 Å². The number of aromatic nitrogens is 2. The minimum atomic E-state index is -3.45. The first-order chi connectivity index (χ1) is 13.0. The average Bonchev–Trinajstić information content (AvgIpc) is 3.14. The fourth-order valence-electron chi connectivity index (χ4n) is 2.19. The van der Waals surface area contributed by atoms with Crippen LogP contribution in [-0.4, -0.2) is 36.9 Å². The Morgan fingerprint density at radius 3 is 2.37 bits per heavy atom.